The van der Waals surface area contributed by atoms with E-state index in [0.29, 0.717) is 17.9 Å². The number of carbonyl (C=O) groups excluding carboxylic acids is 1. The van der Waals surface area contributed by atoms with E-state index in [-0.39, 0.29) is 5.91 Å². The number of aromatic nitrogens is 2. The van der Waals surface area contributed by atoms with Gasteiger partial charge in [0.05, 0.1) is 11.7 Å². The Hall–Kier alpha value is -2.10. The molecule has 0 N–H and O–H groups in total. The van der Waals surface area contributed by atoms with Crippen LogP contribution in [0.5, 0.6) is 0 Å². The van der Waals surface area contributed by atoms with Crippen molar-refractivity contribution in [1.82, 2.24) is 14.7 Å². The van der Waals surface area contributed by atoms with Gasteiger partial charge in [-0.15, -0.1) is 0 Å². The molecule has 0 bridgehead atoms. The Morgan fingerprint density at radius 3 is 2.22 bits per heavy atom. The van der Waals surface area contributed by atoms with Crippen molar-refractivity contribution in [2.75, 3.05) is 13.1 Å². The van der Waals surface area contributed by atoms with Crippen molar-refractivity contribution in [3.63, 3.8) is 0 Å². The highest BCUT2D eigenvalue weighted by Gasteiger charge is 2.27. The first kappa shape index (κ1) is 19.7. The van der Waals surface area contributed by atoms with Gasteiger partial charge in [-0.3, -0.25) is 9.48 Å². The van der Waals surface area contributed by atoms with E-state index in [1.54, 1.807) is 0 Å². The van der Waals surface area contributed by atoms with Gasteiger partial charge in [0.15, 0.2) is 0 Å². The Balaban J connectivity index is 1.72. The number of hydrogen-bond donors (Lipinski definition) is 0. The van der Waals surface area contributed by atoms with E-state index in [0.717, 1.165) is 31.5 Å². The Bertz CT molecular complexity index is 811. The molecule has 0 atom stereocenters. The second kappa shape index (κ2) is 7.87. The molecule has 1 aliphatic rings. The summed E-state index contributed by atoms with van der Waals surface area (Å²) in [5.41, 5.74) is 5.70. The molecular formula is C23H33N3O. The van der Waals surface area contributed by atoms with Gasteiger partial charge in [0.2, 0.25) is 0 Å². The highest BCUT2D eigenvalue weighted by molar-refractivity contribution is 5.94. The fourth-order valence-electron chi connectivity index (χ4n) is 3.81. The molecule has 1 aromatic heterocycles. The minimum absolute atomic E-state index is 0.156. The van der Waals surface area contributed by atoms with Crippen molar-refractivity contribution < 1.29 is 4.79 Å². The third kappa shape index (κ3) is 4.10. The molecule has 3 rings (SSSR count). The lowest BCUT2D eigenvalue weighted by Gasteiger charge is -2.33. The zero-order valence-corrected chi connectivity index (χ0v) is 17.6. The Kier molecular flexibility index (Phi) is 5.73. The Morgan fingerprint density at radius 1 is 1.00 bits per heavy atom. The van der Waals surface area contributed by atoms with Crippen LogP contribution in [0.2, 0.25) is 0 Å². The summed E-state index contributed by atoms with van der Waals surface area (Å²) in [5.74, 6) is 1.05. The summed E-state index contributed by atoms with van der Waals surface area (Å²) in [4.78, 5) is 14.9. The molecule has 1 saturated heterocycles. The van der Waals surface area contributed by atoms with Crippen LogP contribution < -0.4 is 0 Å². The van der Waals surface area contributed by atoms with E-state index in [4.69, 9.17) is 5.10 Å². The first-order valence-corrected chi connectivity index (χ1v) is 10.2. The molecule has 27 heavy (non-hydrogen) atoms. The zero-order valence-electron chi connectivity index (χ0n) is 17.6. The summed E-state index contributed by atoms with van der Waals surface area (Å²) in [6.45, 7) is 14.6. The van der Waals surface area contributed by atoms with Gasteiger partial charge in [0, 0.05) is 24.3 Å². The maximum Gasteiger partial charge on any atom is 0.253 e. The average molecular weight is 368 g/mol. The van der Waals surface area contributed by atoms with Crippen LogP contribution in [0.4, 0.5) is 0 Å². The predicted molar refractivity (Wildman–Crippen MR) is 110 cm³/mol. The predicted octanol–water partition coefficient (Wildman–Crippen LogP) is 5.22. The van der Waals surface area contributed by atoms with Gasteiger partial charge in [-0.25, -0.2) is 0 Å². The maximum atomic E-state index is 12.9. The van der Waals surface area contributed by atoms with Crippen LogP contribution in [0.25, 0.3) is 0 Å². The van der Waals surface area contributed by atoms with Crippen molar-refractivity contribution in [3.05, 3.63) is 52.3 Å². The second-order valence-electron chi connectivity index (χ2n) is 8.57. The number of aryl methyl sites for hydroxylation is 2. The summed E-state index contributed by atoms with van der Waals surface area (Å²) in [6.07, 6.45) is 1.94. The zero-order chi connectivity index (χ0) is 19.7. The van der Waals surface area contributed by atoms with Crippen LogP contribution in [-0.4, -0.2) is 33.7 Å². The SMILES string of the molecule is Cc1ccc(C(=O)N2CCC(n3nc(C(C)C)cc3C(C)C)CC2)cc1C. The van der Waals surface area contributed by atoms with E-state index in [9.17, 15) is 4.79 Å². The van der Waals surface area contributed by atoms with Gasteiger partial charge in [-0.1, -0.05) is 33.8 Å². The summed E-state index contributed by atoms with van der Waals surface area (Å²) in [5, 5.41) is 4.92. The number of hydrogen-bond acceptors (Lipinski definition) is 2. The minimum atomic E-state index is 0.156. The quantitative estimate of drug-likeness (QED) is 0.742. The van der Waals surface area contributed by atoms with Crippen molar-refractivity contribution in [3.8, 4) is 0 Å². The van der Waals surface area contributed by atoms with Gasteiger partial charge >= 0.3 is 0 Å². The second-order valence-corrected chi connectivity index (χ2v) is 8.57. The first-order chi connectivity index (χ1) is 12.8. The molecule has 4 nitrogen and oxygen atoms in total. The lowest BCUT2D eigenvalue weighted by atomic mass is 10.0. The largest absolute Gasteiger partial charge is 0.338 e. The van der Waals surface area contributed by atoms with Gasteiger partial charge in [-0.2, -0.15) is 5.10 Å². The number of amides is 1. The van der Waals surface area contributed by atoms with E-state index < -0.39 is 0 Å². The molecule has 146 valence electrons. The molecular weight excluding hydrogens is 334 g/mol. The molecule has 0 unspecified atom stereocenters. The number of piperidine rings is 1. The standard InChI is InChI=1S/C23H33N3O/c1-15(2)21-14-22(16(3)4)26(24-21)20-9-11-25(12-10-20)23(27)19-8-7-17(5)18(6)13-19/h7-8,13-16,20H,9-12H2,1-6H3. The van der Waals surface area contributed by atoms with Gasteiger partial charge in [0.25, 0.3) is 5.91 Å². The minimum Gasteiger partial charge on any atom is -0.338 e. The smallest absolute Gasteiger partial charge is 0.253 e. The number of carbonyl (C=O) groups is 1. The Labute approximate surface area is 163 Å². The van der Waals surface area contributed by atoms with E-state index >= 15 is 0 Å². The fourth-order valence-corrected chi connectivity index (χ4v) is 3.81. The lowest BCUT2D eigenvalue weighted by molar-refractivity contribution is 0.0688. The van der Waals surface area contributed by atoms with Crippen LogP contribution in [0.3, 0.4) is 0 Å². The van der Waals surface area contributed by atoms with E-state index in [1.165, 1.54) is 22.5 Å². The molecule has 2 heterocycles. The normalized spacial score (nSPS) is 15.8. The molecule has 1 amide bonds. The topological polar surface area (TPSA) is 38.1 Å². The Morgan fingerprint density at radius 2 is 1.67 bits per heavy atom. The summed E-state index contributed by atoms with van der Waals surface area (Å²) in [7, 11) is 0. The molecule has 1 aliphatic heterocycles. The number of nitrogens with zero attached hydrogens (tertiary/aromatic N) is 3. The molecule has 4 heteroatoms. The van der Waals surface area contributed by atoms with E-state index in [1.807, 2.05) is 23.1 Å². The van der Waals surface area contributed by atoms with Gasteiger partial charge in [0.1, 0.15) is 0 Å². The lowest BCUT2D eigenvalue weighted by Crippen LogP contribution is -2.39. The summed E-state index contributed by atoms with van der Waals surface area (Å²) < 4.78 is 2.25. The average Bonchev–Trinajstić information content (AvgIpc) is 3.09. The third-order valence-electron chi connectivity index (χ3n) is 5.82. The maximum absolute atomic E-state index is 12.9. The van der Waals surface area contributed by atoms with Crippen molar-refractivity contribution in [2.24, 2.45) is 0 Å². The molecule has 2 aromatic rings. The number of rotatable bonds is 4. The molecule has 0 spiro atoms. The van der Waals surface area contributed by atoms with Gasteiger partial charge < -0.3 is 4.90 Å². The third-order valence-corrected chi connectivity index (χ3v) is 5.82. The highest BCUT2D eigenvalue weighted by atomic mass is 16.2. The molecule has 1 fully saturated rings. The van der Waals surface area contributed by atoms with Crippen LogP contribution >= 0.6 is 0 Å². The molecule has 0 radical (unpaired) electrons. The number of benzene rings is 1. The molecule has 0 saturated carbocycles. The monoisotopic (exact) mass is 367 g/mol. The summed E-state index contributed by atoms with van der Waals surface area (Å²) >= 11 is 0. The number of likely N-dealkylation sites (tertiary alicyclic amines) is 1. The molecule has 0 aliphatic carbocycles. The van der Waals surface area contributed by atoms with Gasteiger partial charge in [-0.05, 0) is 67.9 Å². The van der Waals surface area contributed by atoms with Crippen LogP contribution in [0.15, 0.2) is 24.3 Å². The first-order valence-electron chi connectivity index (χ1n) is 10.2. The van der Waals surface area contributed by atoms with Crippen LogP contribution in [0, 0.1) is 13.8 Å². The van der Waals surface area contributed by atoms with Crippen LogP contribution in [-0.2, 0) is 0 Å². The fraction of sp³-hybridized carbons (Fsp3) is 0.565. The molecule has 1 aromatic carbocycles. The van der Waals surface area contributed by atoms with Crippen molar-refractivity contribution >= 4 is 5.91 Å². The van der Waals surface area contributed by atoms with Crippen molar-refractivity contribution in [1.29, 1.82) is 0 Å². The van der Waals surface area contributed by atoms with Crippen LogP contribution in [0.1, 0.15) is 91.3 Å². The highest BCUT2D eigenvalue weighted by Crippen LogP contribution is 2.29. The van der Waals surface area contributed by atoms with E-state index in [2.05, 4.69) is 52.3 Å². The van der Waals surface area contributed by atoms with Crippen molar-refractivity contribution in [2.45, 2.75) is 72.3 Å². The summed E-state index contributed by atoms with van der Waals surface area (Å²) in [6, 6.07) is 8.67.